The molecule has 0 bridgehead atoms. The highest BCUT2D eigenvalue weighted by atomic mass is 79.9. The SMILES string of the molecule is COC(=O)C(Nc1ccc(Cl)c(Br)c1)C(C)C. The van der Waals surface area contributed by atoms with Gasteiger partial charge in [-0.15, -0.1) is 0 Å². The molecular formula is C12H15BrClNO2. The Labute approximate surface area is 115 Å². The highest BCUT2D eigenvalue weighted by molar-refractivity contribution is 9.10. The van der Waals surface area contributed by atoms with Crippen molar-refractivity contribution in [3.63, 3.8) is 0 Å². The Hall–Kier alpha value is -0.740. The third kappa shape index (κ3) is 3.89. The first-order valence-corrected chi connectivity index (χ1v) is 6.42. The number of methoxy groups -OCH3 is 1. The number of anilines is 1. The summed E-state index contributed by atoms with van der Waals surface area (Å²) in [6, 6.07) is 5.06. The van der Waals surface area contributed by atoms with Gasteiger partial charge in [-0.05, 0) is 40.0 Å². The van der Waals surface area contributed by atoms with E-state index in [9.17, 15) is 4.79 Å². The maximum absolute atomic E-state index is 11.6. The predicted octanol–water partition coefficient (Wildman–Crippen LogP) is 3.71. The molecule has 1 N–H and O–H groups in total. The monoisotopic (exact) mass is 319 g/mol. The van der Waals surface area contributed by atoms with Crippen LogP contribution < -0.4 is 5.32 Å². The summed E-state index contributed by atoms with van der Waals surface area (Å²) in [4.78, 5) is 11.6. The summed E-state index contributed by atoms with van der Waals surface area (Å²) < 4.78 is 5.55. The van der Waals surface area contributed by atoms with Gasteiger partial charge in [0, 0.05) is 10.2 Å². The van der Waals surface area contributed by atoms with Crippen molar-refractivity contribution in [3.05, 3.63) is 27.7 Å². The zero-order valence-corrected chi connectivity index (χ0v) is 12.3. The Morgan fingerprint density at radius 2 is 2.12 bits per heavy atom. The van der Waals surface area contributed by atoms with E-state index in [1.54, 1.807) is 6.07 Å². The molecule has 0 heterocycles. The van der Waals surface area contributed by atoms with E-state index in [1.165, 1.54) is 7.11 Å². The number of halogens is 2. The van der Waals surface area contributed by atoms with E-state index in [0.29, 0.717) is 5.02 Å². The summed E-state index contributed by atoms with van der Waals surface area (Å²) >= 11 is 9.24. The second-order valence-electron chi connectivity index (χ2n) is 4.02. The van der Waals surface area contributed by atoms with Crippen molar-refractivity contribution >= 4 is 39.2 Å². The van der Waals surface area contributed by atoms with Gasteiger partial charge in [-0.1, -0.05) is 25.4 Å². The van der Waals surface area contributed by atoms with Crippen LogP contribution in [0.1, 0.15) is 13.8 Å². The minimum Gasteiger partial charge on any atom is -0.467 e. The number of ether oxygens (including phenoxy) is 1. The maximum Gasteiger partial charge on any atom is 0.328 e. The minimum atomic E-state index is -0.368. The molecule has 1 rings (SSSR count). The summed E-state index contributed by atoms with van der Waals surface area (Å²) in [5, 5.41) is 3.77. The Kier molecular flexibility index (Phi) is 5.28. The first kappa shape index (κ1) is 14.3. The third-order valence-electron chi connectivity index (χ3n) is 2.36. The van der Waals surface area contributed by atoms with E-state index in [1.807, 2.05) is 26.0 Å². The van der Waals surface area contributed by atoms with Gasteiger partial charge in [-0.3, -0.25) is 0 Å². The third-order valence-corrected chi connectivity index (χ3v) is 3.58. The van der Waals surface area contributed by atoms with Crippen LogP contribution in [-0.2, 0) is 9.53 Å². The van der Waals surface area contributed by atoms with E-state index >= 15 is 0 Å². The molecule has 0 saturated heterocycles. The molecule has 0 fully saturated rings. The summed E-state index contributed by atoms with van der Waals surface area (Å²) in [5.74, 6) is -0.136. The molecule has 94 valence electrons. The maximum atomic E-state index is 11.6. The fraction of sp³-hybridized carbons (Fsp3) is 0.417. The second-order valence-corrected chi connectivity index (χ2v) is 5.28. The van der Waals surface area contributed by atoms with Crippen LogP contribution in [0.4, 0.5) is 5.69 Å². The van der Waals surface area contributed by atoms with E-state index < -0.39 is 0 Å². The van der Waals surface area contributed by atoms with Crippen molar-refractivity contribution in [1.82, 2.24) is 0 Å². The molecule has 0 aliphatic heterocycles. The highest BCUT2D eigenvalue weighted by Crippen LogP contribution is 2.26. The smallest absolute Gasteiger partial charge is 0.328 e. The summed E-state index contributed by atoms with van der Waals surface area (Å²) in [6.07, 6.45) is 0. The Morgan fingerprint density at radius 3 is 2.59 bits per heavy atom. The van der Waals surface area contributed by atoms with Crippen molar-refractivity contribution < 1.29 is 9.53 Å². The summed E-state index contributed by atoms with van der Waals surface area (Å²) in [5.41, 5.74) is 0.824. The van der Waals surface area contributed by atoms with Gasteiger partial charge in [0.2, 0.25) is 0 Å². The van der Waals surface area contributed by atoms with E-state index in [4.69, 9.17) is 16.3 Å². The number of hydrogen-bond acceptors (Lipinski definition) is 3. The molecule has 1 aromatic carbocycles. The van der Waals surface area contributed by atoms with E-state index in [0.717, 1.165) is 10.2 Å². The van der Waals surface area contributed by atoms with Crippen LogP contribution in [0.3, 0.4) is 0 Å². The summed E-state index contributed by atoms with van der Waals surface area (Å²) in [7, 11) is 1.39. The molecule has 1 atom stereocenters. The van der Waals surface area contributed by atoms with E-state index in [2.05, 4.69) is 21.2 Å². The molecule has 0 saturated carbocycles. The first-order valence-electron chi connectivity index (χ1n) is 5.25. The average molecular weight is 321 g/mol. The van der Waals surface area contributed by atoms with Gasteiger partial charge in [0.15, 0.2) is 0 Å². The van der Waals surface area contributed by atoms with Crippen LogP contribution in [0, 0.1) is 5.92 Å². The van der Waals surface area contributed by atoms with Gasteiger partial charge in [-0.25, -0.2) is 4.79 Å². The van der Waals surface area contributed by atoms with Crippen LogP contribution in [0.25, 0.3) is 0 Å². The average Bonchev–Trinajstić information content (AvgIpc) is 2.29. The summed E-state index contributed by atoms with van der Waals surface area (Å²) in [6.45, 7) is 3.92. The standard InChI is InChI=1S/C12H15BrClNO2/c1-7(2)11(12(16)17-3)15-8-4-5-10(14)9(13)6-8/h4-7,11,15H,1-3H3. The van der Waals surface area contributed by atoms with Gasteiger partial charge in [-0.2, -0.15) is 0 Å². The van der Waals surface area contributed by atoms with Gasteiger partial charge in [0.1, 0.15) is 6.04 Å². The fourth-order valence-corrected chi connectivity index (χ4v) is 1.89. The molecule has 1 aromatic rings. The number of carbonyl (C=O) groups excluding carboxylic acids is 1. The molecule has 0 spiro atoms. The van der Waals surface area contributed by atoms with Crippen molar-refractivity contribution in [2.75, 3.05) is 12.4 Å². The molecule has 0 aromatic heterocycles. The Bertz CT molecular complexity index is 409. The zero-order chi connectivity index (χ0) is 13.0. The van der Waals surface area contributed by atoms with E-state index in [-0.39, 0.29) is 17.9 Å². The molecule has 1 unspecified atom stereocenters. The van der Waals surface area contributed by atoms with Crippen molar-refractivity contribution in [1.29, 1.82) is 0 Å². The van der Waals surface area contributed by atoms with Crippen molar-refractivity contribution in [3.8, 4) is 0 Å². The van der Waals surface area contributed by atoms with Gasteiger partial charge >= 0.3 is 5.97 Å². The Morgan fingerprint density at radius 1 is 1.47 bits per heavy atom. The van der Waals surface area contributed by atoms with Crippen molar-refractivity contribution in [2.45, 2.75) is 19.9 Å². The molecule has 17 heavy (non-hydrogen) atoms. The second kappa shape index (κ2) is 6.26. The zero-order valence-electron chi connectivity index (χ0n) is 9.96. The lowest BCUT2D eigenvalue weighted by Crippen LogP contribution is -2.35. The molecule has 3 nitrogen and oxygen atoms in total. The number of rotatable bonds is 4. The first-order chi connectivity index (χ1) is 7.95. The van der Waals surface area contributed by atoms with Gasteiger partial charge in [0.25, 0.3) is 0 Å². The lowest BCUT2D eigenvalue weighted by Gasteiger charge is -2.21. The lowest BCUT2D eigenvalue weighted by atomic mass is 10.0. The number of carbonyl (C=O) groups is 1. The lowest BCUT2D eigenvalue weighted by molar-refractivity contribution is -0.142. The van der Waals surface area contributed by atoms with Gasteiger partial charge in [0.05, 0.1) is 12.1 Å². The van der Waals surface area contributed by atoms with Crippen LogP contribution in [-0.4, -0.2) is 19.1 Å². The van der Waals surface area contributed by atoms with Crippen LogP contribution in [0.5, 0.6) is 0 Å². The molecule has 0 amide bonds. The predicted molar refractivity (Wildman–Crippen MR) is 73.4 cm³/mol. The topological polar surface area (TPSA) is 38.3 Å². The number of esters is 1. The normalized spacial score (nSPS) is 12.4. The number of hydrogen-bond donors (Lipinski definition) is 1. The van der Waals surface area contributed by atoms with Crippen LogP contribution in [0.15, 0.2) is 22.7 Å². The molecule has 0 aliphatic rings. The van der Waals surface area contributed by atoms with Crippen molar-refractivity contribution in [2.24, 2.45) is 5.92 Å². The number of nitrogens with one attached hydrogen (secondary N) is 1. The molecular weight excluding hydrogens is 305 g/mol. The van der Waals surface area contributed by atoms with Crippen LogP contribution >= 0.6 is 27.5 Å². The quantitative estimate of drug-likeness (QED) is 0.859. The molecule has 5 heteroatoms. The Balaban J connectivity index is 2.86. The molecule has 0 aliphatic carbocycles. The largest absolute Gasteiger partial charge is 0.467 e. The fourth-order valence-electron chi connectivity index (χ4n) is 1.39. The number of benzene rings is 1. The minimum absolute atomic E-state index is 0.136. The highest BCUT2D eigenvalue weighted by Gasteiger charge is 2.22. The van der Waals surface area contributed by atoms with Gasteiger partial charge < -0.3 is 10.1 Å². The molecule has 0 radical (unpaired) electrons. The van der Waals surface area contributed by atoms with Crippen LogP contribution in [0.2, 0.25) is 5.02 Å².